The molecule has 0 unspecified atom stereocenters. The maximum atomic E-state index is 8.10. The molecule has 32 valence electrons. The van der Waals surface area contributed by atoms with Crippen molar-refractivity contribution < 1.29 is 51.4 Å². The zero-order valence-corrected chi connectivity index (χ0v) is 7.69. The Bertz CT molecular complexity index is 80.6. The van der Waals surface area contributed by atoms with E-state index in [1.54, 1.807) is 0 Å². The van der Waals surface area contributed by atoms with Crippen molar-refractivity contribution in [3.8, 4) is 6.07 Å². The Kier molecular flexibility index (Phi) is 4.49. The topological polar surface area (TPSA) is 23.8 Å². The first-order valence-corrected chi connectivity index (χ1v) is 2.18. The Morgan fingerprint density at radius 3 is 2.00 bits per heavy atom. The van der Waals surface area contributed by atoms with Crippen LogP contribution >= 0.6 is 0 Å². The molecule has 0 aromatic carbocycles. The summed E-state index contributed by atoms with van der Waals surface area (Å²) in [4.78, 5) is 0. The third-order valence-corrected chi connectivity index (χ3v) is 1.12. The summed E-state index contributed by atoms with van der Waals surface area (Å²) in [6.45, 7) is 0. The van der Waals surface area contributed by atoms with Crippen LogP contribution in [0, 0.1) is 17.2 Å². The fraction of sp³-hybridized carbons (Fsp3) is 0.600. The molecule has 0 heterocycles. The maximum absolute atomic E-state index is 8.10. The number of hydrogen-bond acceptors (Lipinski definition) is 1. The van der Waals surface area contributed by atoms with Crippen LogP contribution in [-0.4, -0.2) is 0 Å². The van der Waals surface area contributed by atoms with Gasteiger partial charge in [-0.25, -0.2) is 5.26 Å². The first-order valence-electron chi connectivity index (χ1n) is 2.18. The fourth-order valence-corrected chi connectivity index (χ4v) is 0.465. The molecule has 0 aromatic rings. The van der Waals surface area contributed by atoms with Crippen molar-refractivity contribution in [1.82, 2.24) is 0 Å². The van der Waals surface area contributed by atoms with E-state index in [0.717, 1.165) is 18.8 Å². The van der Waals surface area contributed by atoms with Crippen molar-refractivity contribution in [3.05, 3.63) is 5.92 Å². The van der Waals surface area contributed by atoms with E-state index in [1.807, 2.05) is 0 Å². The van der Waals surface area contributed by atoms with E-state index in [4.69, 9.17) is 5.26 Å². The molecule has 1 nitrogen and oxygen atoms in total. The van der Waals surface area contributed by atoms with Gasteiger partial charge in [-0.15, -0.1) is 12.5 Å². The van der Waals surface area contributed by atoms with E-state index >= 15 is 0 Å². The van der Waals surface area contributed by atoms with Gasteiger partial charge in [0.15, 0.2) is 0 Å². The van der Waals surface area contributed by atoms with Gasteiger partial charge in [0, 0.05) is 0 Å². The first kappa shape index (κ1) is 8.00. The molecule has 1 saturated carbocycles. The van der Waals surface area contributed by atoms with E-state index in [0.29, 0.717) is 0 Å². The van der Waals surface area contributed by atoms with Gasteiger partial charge in [-0.1, -0.05) is 0 Å². The minimum atomic E-state index is 0. The summed E-state index contributed by atoms with van der Waals surface area (Å²) in [5, 5.41) is 8.10. The Morgan fingerprint density at radius 2 is 2.00 bits per heavy atom. The molecule has 0 aromatic heterocycles. The monoisotopic (exact) mass is 119 g/mol. The molecule has 7 heavy (non-hydrogen) atoms. The molecule has 0 bridgehead atoms. The second-order valence-corrected chi connectivity index (χ2v) is 1.57. The van der Waals surface area contributed by atoms with Crippen LogP contribution in [0.25, 0.3) is 0 Å². The summed E-state index contributed by atoms with van der Waals surface area (Å²) in [5.74, 6) is 1.08. The van der Waals surface area contributed by atoms with Crippen LogP contribution in [0.2, 0.25) is 0 Å². The average Bonchev–Trinajstić information content (AvgIpc) is 1.31. The number of hydrogen-bond donors (Lipinski definition) is 0. The zero-order valence-electron chi connectivity index (χ0n) is 4.57. The summed E-state index contributed by atoms with van der Waals surface area (Å²) in [6.07, 6.45) is 3.37. The van der Waals surface area contributed by atoms with Crippen LogP contribution in [-0.2, 0) is 0 Å². The van der Waals surface area contributed by atoms with Crippen LogP contribution < -0.4 is 51.4 Å². The molecule has 1 fully saturated rings. The molecular weight excluding hydrogens is 113 g/mol. The predicted octanol–water partition coefficient (Wildman–Crippen LogP) is -1.73. The normalized spacial score (nSPS) is 16.1. The second kappa shape index (κ2) is 3.93. The van der Waals surface area contributed by atoms with Crippen molar-refractivity contribution in [2.24, 2.45) is 0 Å². The maximum Gasteiger partial charge on any atom is 1.00 e. The molecule has 1 aliphatic carbocycles. The predicted molar refractivity (Wildman–Crippen MR) is 22.7 cm³/mol. The van der Waals surface area contributed by atoms with Crippen LogP contribution in [0.3, 0.4) is 0 Å². The Balaban J connectivity index is 0.000000360. The summed E-state index contributed by atoms with van der Waals surface area (Å²) in [7, 11) is 0. The van der Waals surface area contributed by atoms with Crippen molar-refractivity contribution in [3.63, 3.8) is 0 Å². The number of nitrogens with zero attached hydrogens (tertiary/aromatic N) is 1. The van der Waals surface area contributed by atoms with Crippen molar-refractivity contribution >= 4 is 0 Å². The van der Waals surface area contributed by atoms with Gasteiger partial charge in [0.25, 0.3) is 0 Å². The molecule has 0 amide bonds. The van der Waals surface area contributed by atoms with Gasteiger partial charge < -0.3 is 0 Å². The van der Waals surface area contributed by atoms with E-state index in [2.05, 4.69) is 6.07 Å². The molecule has 0 N–H and O–H groups in total. The van der Waals surface area contributed by atoms with Crippen LogP contribution in [0.5, 0.6) is 0 Å². The Morgan fingerprint density at radius 1 is 1.43 bits per heavy atom. The zero-order chi connectivity index (χ0) is 4.41. The standard InChI is InChI=1S/C5H6N.K/c6-4-5-2-1-3-5;/h1-3H2;/q-1;+1. The average molecular weight is 119 g/mol. The second-order valence-electron chi connectivity index (χ2n) is 1.57. The smallest absolute Gasteiger partial charge is 0.277 e. The molecule has 1 aliphatic rings. The number of rotatable bonds is 0. The van der Waals surface area contributed by atoms with Crippen molar-refractivity contribution in [2.45, 2.75) is 19.3 Å². The van der Waals surface area contributed by atoms with Gasteiger partial charge in [-0.05, 0) is 0 Å². The van der Waals surface area contributed by atoms with Crippen LogP contribution in [0.4, 0.5) is 0 Å². The van der Waals surface area contributed by atoms with Crippen LogP contribution in [0.1, 0.15) is 19.3 Å². The molecule has 1 rings (SSSR count). The van der Waals surface area contributed by atoms with Crippen molar-refractivity contribution in [2.75, 3.05) is 0 Å². The van der Waals surface area contributed by atoms with E-state index < -0.39 is 0 Å². The van der Waals surface area contributed by atoms with Gasteiger partial charge in [-0.3, -0.25) is 5.92 Å². The van der Waals surface area contributed by atoms with Crippen LogP contribution in [0.15, 0.2) is 0 Å². The third kappa shape index (κ3) is 2.16. The third-order valence-electron chi connectivity index (χ3n) is 1.12. The minimum Gasteiger partial charge on any atom is -0.277 e. The van der Waals surface area contributed by atoms with E-state index in [-0.39, 0.29) is 51.4 Å². The minimum absolute atomic E-state index is 0. The molecular formula is C5H6KN. The molecule has 0 radical (unpaired) electrons. The largest absolute Gasteiger partial charge is 1.00 e. The summed E-state index contributed by atoms with van der Waals surface area (Å²) >= 11 is 0. The summed E-state index contributed by atoms with van der Waals surface area (Å²) in [5.41, 5.74) is 0. The fourth-order valence-electron chi connectivity index (χ4n) is 0.465. The SMILES string of the molecule is N#C[C-]1CCC1.[K+]. The van der Waals surface area contributed by atoms with Gasteiger partial charge in [0.1, 0.15) is 0 Å². The summed E-state index contributed by atoms with van der Waals surface area (Å²) < 4.78 is 0. The van der Waals surface area contributed by atoms with Gasteiger partial charge in [0.05, 0.1) is 0 Å². The van der Waals surface area contributed by atoms with E-state index in [9.17, 15) is 0 Å². The Hall–Kier alpha value is 0.996. The molecule has 0 aliphatic heterocycles. The molecule has 0 atom stereocenters. The van der Waals surface area contributed by atoms with Gasteiger partial charge >= 0.3 is 51.4 Å². The Labute approximate surface area is 86.5 Å². The van der Waals surface area contributed by atoms with Gasteiger partial charge in [-0.2, -0.15) is 12.8 Å². The molecule has 0 saturated heterocycles. The quantitative estimate of drug-likeness (QED) is 0.275. The number of nitriles is 1. The van der Waals surface area contributed by atoms with Crippen molar-refractivity contribution in [1.29, 1.82) is 5.26 Å². The van der Waals surface area contributed by atoms with Gasteiger partial charge in [0.2, 0.25) is 0 Å². The molecule has 0 spiro atoms. The summed E-state index contributed by atoms with van der Waals surface area (Å²) in [6, 6.07) is 2.12. The molecule has 2 heteroatoms. The van der Waals surface area contributed by atoms with E-state index in [1.165, 1.54) is 6.42 Å². The first-order chi connectivity index (χ1) is 2.93.